The number of carbonyl (C=O) groups is 2. The van der Waals surface area contributed by atoms with Crippen molar-refractivity contribution in [2.45, 2.75) is 58.6 Å². The number of rotatable bonds is 8. The van der Waals surface area contributed by atoms with Gasteiger partial charge in [-0.25, -0.2) is 0 Å². The number of hydrogen-bond acceptors (Lipinski definition) is 7. The highest BCUT2D eigenvalue weighted by atomic mass is 16.5. The molecule has 3 aromatic rings. The van der Waals surface area contributed by atoms with Crippen molar-refractivity contribution in [2.75, 3.05) is 44.6 Å². The minimum atomic E-state index is -0.322. The summed E-state index contributed by atoms with van der Waals surface area (Å²) in [6.07, 6.45) is 2.00. The molecule has 0 bridgehead atoms. The third kappa shape index (κ3) is 7.41. The van der Waals surface area contributed by atoms with Gasteiger partial charge in [0.05, 0.1) is 6.10 Å². The van der Waals surface area contributed by atoms with E-state index in [-0.39, 0.29) is 29.1 Å². The van der Waals surface area contributed by atoms with Crippen LogP contribution in [0.25, 0.3) is 11.3 Å². The molecule has 0 radical (unpaired) electrons. The van der Waals surface area contributed by atoms with Crippen LogP contribution in [-0.4, -0.2) is 67.3 Å². The average molecular weight is 560 g/mol. The molecule has 2 aromatic carbocycles. The maximum Gasteiger partial charge on any atom is 0.290 e. The van der Waals surface area contributed by atoms with Crippen LogP contribution in [0.5, 0.6) is 0 Å². The molecule has 1 unspecified atom stereocenters. The van der Waals surface area contributed by atoms with E-state index in [1.54, 1.807) is 6.07 Å². The molecule has 2 aliphatic heterocycles. The predicted octanol–water partition coefficient (Wildman–Crippen LogP) is 4.51. The van der Waals surface area contributed by atoms with Crippen LogP contribution in [0.4, 0.5) is 5.69 Å². The lowest BCUT2D eigenvalue weighted by molar-refractivity contribution is 0.0827. The van der Waals surface area contributed by atoms with Crippen LogP contribution in [0.2, 0.25) is 0 Å². The molecule has 5 rings (SSSR count). The molecule has 2 saturated heterocycles. The van der Waals surface area contributed by atoms with Gasteiger partial charge in [-0.15, -0.1) is 0 Å². The third-order valence-electron chi connectivity index (χ3n) is 7.76. The van der Waals surface area contributed by atoms with E-state index in [1.807, 2.05) is 37.3 Å². The Labute approximate surface area is 242 Å². The Morgan fingerprint density at radius 2 is 1.88 bits per heavy atom. The maximum atomic E-state index is 13.5. The molecule has 1 atom stereocenters. The number of anilines is 1. The quantitative estimate of drug-likeness (QED) is 0.373. The Balaban J connectivity index is 1.31. The summed E-state index contributed by atoms with van der Waals surface area (Å²) in [6, 6.07) is 13.5. The Morgan fingerprint density at radius 3 is 2.61 bits per heavy atom. The first-order valence-electron chi connectivity index (χ1n) is 14.5. The Hall–Kier alpha value is -3.53. The minimum Gasteiger partial charge on any atom is -0.376 e. The minimum absolute atomic E-state index is 0.0473. The van der Waals surface area contributed by atoms with Crippen molar-refractivity contribution in [1.82, 2.24) is 20.7 Å². The number of nitrogens with zero attached hydrogens (tertiary/aromatic N) is 2. The summed E-state index contributed by atoms with van der Waals surface area (Å²) in [5.41, 5.74) is 5.74. The maximum absolute atomic E-state index is 13.5. The number of carbonyl (C=O) groups excluding carboxylic acids is 2. The summed E-state index contributed by atoms with van der Waals surface area (Å²) in [7, 11) is 0. The standard InChI is InChI=1S/C32H41N5O4/c1-21-7-8-25(17-27(21)28-18-29(41-36-28)31(39)34-19-26-6-5-13-40-26)35-30(38)23-14-22(15-24(16-23)32(2,3)4)20-37-11-9-33-10-12-37/h7-8,14-18,26,33H,5-6,9-13,19-20H2,1-4H3,(H,34,39)(H,35,38). The zero-order chi connectivity index (χ0) is 29.0. The van der Waals surface area contributed by atoms with Gasteiger partial charge in [0.15, 0.2) is 0 Å². The van der Waals surface area contributed by atoms with Crippen molar-refractivity contribution in [2.24, 2.45) is 0 Å². The Kier molecular flexibility index (Phi) is 8.87. The van der Waals surface area contributed by atoms with Crippen molar-refractivity contribution >= 4 is 17.5 Å². The molecule has 9 heteroatoms. The molecule has 218 valence electrons. The zero-order valence-corrected chi connectivity index (χ0v) is 24.5. The van der Waals surface area contributed by atoms with Gasteiger partial charge in [0.2, 0.25) is 5.76 Å². The summed E-state index contributed by atoms with van der Waals surface area (Å²) >= 11 is 0. The Morgan fingerprint density at radius 1 is 1.07 bits per heavy atom. The Bertz CT molecular complexity index is 1380. The van der Waals surface area contributed by atoms with Crippen LogP contribution in [-0.2, 0) is 16.7 Å². The van der Waals surface area contributed by atoms with Gasteiger partial charge in [-0.1, -0.05) is 38.1 Å². The molecule has 2 amide bonds. The highest BCUT2D eigenvalue weighted by Crippen LogP contribution is 2.29. The monoisotopic (exact) mass is 559 g/mol. The second kappa shape index (κ2) is 12.5. The van der Waals surface area contributed by atoms with Crippen LogP contribution in [0, 0.1) is 6.92 Å². The molecular weight excluding hydrogens is 518 g/mol. The van der Waals surface area contributed by atoms with Gasteiger partial charge in [-0.3, -0.25) is 14.5 Å². The molecule has 0 saturated carbocycles. The normalized spacial score (nSPS) is 17.9. The lowest BCUT2D eigenvalue weighted by Crippen LogP contribution is -2.42. The fourth-order valence-electron chi connectivity index (χ4n) is 5.26. The highest BCUT2D eigenvalue weighted by molar-refractivity contribution is 6.05. The van der Waals surface area contributed by atoms with Gasteiger partial charge in [0, 0.05) is 68.8 Å². The van der Waals surface area contributed by atoms with E-state index in [0.29, 0.717) is 23.5 Å². The van der Waals surface area contributed by atoms with Crippen LogP contribution < -0.4 is 16.0 Å². The van der Waals surface area contributed by atoms with E-state index in [9.17, 15) is 9.59 Å². The molecule has 2 aliphatic rings. The van der Waals surface area contributed by atoms with E-state index in [0.717, 1.165) is 74.4 Å². The number of aromatic nitrogens is 1. The molecule has 3 N–H and O–H groups in total. The van der Waals surface area contributed by atoms with Gasteiger partial charge in [0.1, 0.15) is 5.69 Å². The van der Waals surface area contributed by atoms with Gasteiger partial charge in [0.25, 0.3) is 11.8 Å². The first-order valence-corrected chi connectivity index (χ1v) is 14.5. The number of benzene rings is 2. The first-order chi connectivity index (χ1) is 19.7. The molecule has 0 spiro atoms. The number of ether oxygens (including phenoxy) is 1. The van der Waals surface area contributed by atoms with E-state index >= 15 is 0 Å². The van der Waals surface area contributed by atoms with E-state index < -0.39 is 0 Å². The second-order valence-corrected chi connectivity index (χ2v) is 12.1. The molecular formula is C32H41N5O4. The third-order valence-corrected chi connectivity index (χ3v) is 7.76. The molecule has 3 heterocycles. The topological polar surface area (TPSA) is 109 Å². The summed E-state index contributed by atoms with van der Waals surface area (Å²) in [5, 5.41) is 13.5. The summed E-state index contributed by atoms with van der Waals surface area (Å²) < 4.78 is 10.9. The van der Waals surface area contributed by atoms with E-state index in [1.165, 1.54) is 0 Å². The number of nitrogens with one attached hydrogen (secondary N) is 3. The molecule has 1 aromatic heterocycles. The fourth-order valence-corrected chi connectivity index (χ4v) is 5.26. The van der Waals surface area contributed by atoms with Crippen LogP contribution in [0.15, 0.2) is 47.0 Å². The average Bonchev–Trinajstić information content (AvgIpc) is 3.66. The van der Waals surface area contributed by atoms with E-state index in [2.05, 4.69) is 52.8 Å². The fraction of sp³-hybridized carbons (Fsp3) is 0.469. The smallest absolute Gasteiger partial charge is 0.290 e. The van der Waals surface area contributed by atoms with Gasteiger partial charge >= 0.3 is 0 Å². The summed E-state index contributed by atoms with van der Waals surface area (Å²) in [5.74, 6) is -0.346. The number of amides is 2. The van der Waals surface area contributed by atoms with Crippen LogP contribution in [0.1, 0.15) is 71.2 Å². The molecule has 2 fully saturated rings. The zero-order valence-electron chi connectivity index (χ0n) is 24.5. The summed E-state index contributed by atoms with van der Waals surface area (Å²) in [4.78, 5) is 28.5. The largest absolute Gasteiger partial charge is 0.376 e. The predicted molar refractivity (Wildman–Crippen MR) is 159 cm³/mol. The molecule has 0 aliphatic carbocycles. The molecule has 41 heavy (non-hydrogen) atoms. The SMILES string of the molecule is Cc1ccc(NC(=O)c2cc(CN3CCNCC3)cc(C(C)(C)C)c2)cc1-c1cc(C(=O)NCC2CCCO2)on1. The number of hydrogen-bond donors (Lipinski definition) is 3. The van der Waals surface area contributed by atoms with Crippen molar-refractivity contribution in [3.8, 4) is 11.3 Å². The van der Waals surface area contributed by atoms with Crippen molar-refractivity contribution < 1.29 is 18.8 Å². The van der Waals surface area contributed by atoms with Gasteiger partial charge < -0.3 is 25.2 Å². The molecule has 9 nitrogen and oxygen atoms in total. The van der Waals surface area contributed by atoms with Crippen LogP contribution >= 0.6 is 0 Å². The lowest BCUT2D eigenvalue weighted by atomic mass is 9.85. The highest BCUT2D eigenvalue weighted by Gasteiger charge is 2.21. The van der Waals surface area contributed by atoms with Crippen LogP contribution in [0.3, 0.4) is 0 Å². The number of piperazine rings is 1. The first kappa shape index (κ1) is 29.0. The van der Waals surface area contributed by atoms with Crippen molar-refractivity contribution in [3.63, 3.8) is 0 Å². The van der Waals surface area contributed by atoms with E-state index in [4.69, 9.17) is 9.26 Å². The van der Waals surface area contributed by atoms with Crippen molar-refractivity contribution in [1.29, 1.82) is 0 Å². The van der Waals surface area contributed by atoms with Gasteiger partial charge in [-0.2, -0.15) is 0 Å². The number of aryl methyl sites for hydroxylation is 1. The lowest BCUT2D eigenvalue weighted by Gasteiger charge is -2.28. The van der Waals surface area contributed by atoms with Gasteiger partial charge in [-0.05, 0) is 66.1 Å². The van der Waals surface area contributed by atoms with Crippen molar-refractivity contribution in [3.05, 3.63) is 70.5 Å². The summed E-state index contributed by atoms with van der Waals surface area (Å²) in [6.45, 7) is 14.4. The second-order valence-electron chi connectivity index (χ2n) is 12.1.